The average Bonchev–Trinajstić information content (AvgIpc) is 2.23. The summed E-state index contributed by atoms with van der Waals surface area (Å²) < 4.78 is 0. The highest BCUT2D eigenvalue weighted by Gasteiger charge is 2.03. The third-order valence-electron chi connectivity index (χ3n) is 2.14. The summed E-state index contributed by atoms with van der Waals surface area (Å²) in [6, 6.07) is 11.1. The van der Waals surface area contributed by atoms with Crippen molar-refractivity contribution >= 4 is 17.0 Å². The zero-order valence-corrected chi connectivity index (χ0v) is 7.44. The summed E-state index contributed by atoms with van der Waals surface area (Å²) in [6.07, 6.45) is 1.34. The molecule has 0 aliphatic rings. The lowest BCUT2D eigenvalue weighted by molar-refractivity contribution is 0.475. The Labute approximate surface area is 81.5 Å². The molecule has 0 saturated heterocycles. The van der Waals surface area contributed by atoms with Gasteiger partial charge in [0, 0.05) is 5.56 Å². The van der Waals surface area contributed by atoms with E-state index in [4.69, 9.17) is 5.84 Å². The highest BCUT2D eigenvalue weighted by Crippen LogP contribution is 2.25. The van der Waals surface area contributed by atoms with E-state index in [1.807, 2.05) is 30.3 Å². The zero-order chi connectivity index (χ0) is 9.97. The van der Waals surface area contributed by atoms with Gasteiger partial charge < -0.3 is 5.11 Å². The number of fused-ring (bicyclic) bond motifs is 1. The normalized spacial score (nSPS) is 11.1. The van der Waals surface area contributed by atoms with Gasteiger partial charge in [0.05, 0.1) is 6.21 Å². The van der Waals surface area contributed by atoms with Crippen LogP contribution in [0.2, 0.25) is 0 Å². The number of hydrogen-bond acceptors (Lipinski definition) is 2. The van der Waals surface area contributed by atoms with E-state index in [9.17, 15) is 5.11 Å². The number of rotatable bonds is 1. The molecule has 69 valence electrons. The second kappa shape index (κ2) is 3.38. The highest BCUT2D eigenvalue weighted by atomic mass is 16.3. The molecule has 14 heavy (non-hydrogen) atoms. The van der Waals surface area contributed by atoms with Gasteiger partial charge in [0.1, 0.15) is 5.75 Å². The van der Waals surface area contributed by atoms with Gasteiger partial charge >= 0.3 is 0 Å². The monoisotopic (exact) mass is 185 g/mol. The number of hydrogen-bond donors (Lipinski definition) is 1. The van der Waals surface area contributed by atoms with Gasteiger partial charge in [-0.2, -0.15) is 5.10 Å². The summed E-state index contributed by atoms with van der Waals surface area (Å²) in [7, 11) is 0. The smallest absolute Gasteiger partial charge is 0.125 e. The lowest BCUT2D eigenvalue weighted by Crippen LogP contribution is -1.85. The van der Waals surface area contributed by atoms with Crippen LogP contribution in [0, 0.1) is 0 Å². The van der Waals surface area contributed by atoms with Crippen LogP contribution in [0.15, 0.2) is 41.5 Å². The van der Waals surface area contributed by atoms with E-state index in [1.165, 1.54) is 6.21 Å². The molecule has 2 aromatic carbocycles. The standard InChI is InChI=1S/C11H9N2O/c12-13-7-10-9-4-2-1-3-8(9)5-6-11(10)14/h1-7,12,14H. The minimum atomic E-state index is 0.153. The zero-order valence-electron chi connectivity index (χ0n) is 7.44. The van der Waals surface area contributed by atoms with E-state index in [2.05, 4.69) is 5.10 Å². The van der Waals surface area contributed by atoms with E-state index >= 15 is 0 Å². The van der Waals surface area contributed by atoms with E-state index in [0.717, 1.165) is 10.8 Å². The molecule has 0 atom stereocenters. The molecule has 2 aromatic rings. The van der Waals surface area contributed by atoms with Crippen molar-refractivity contribution in [2.45, 2.75) is 0 Å². The molecule has 0 unspecified atom stereocenters. The molecule has 2 rings (SSSR count). The Balaban J connectivity index is 2.82. The van der Waals surface area contributed by atoms with Gasteiger partial charge in [0.2, 0.25) is 0 Å². The molecule has 0 aliphatic heterocycles. The van der Waals surface area contributed by atoms with Gasteiger partial charge in [0.15, 0.2) is 0 Å². The van der Waals surface area contributed by atoms with Crippen LogP contribution in [0.5, 0.6) is 5.75 Å². The Hall–Kier alpha value is -2.03. The third-order valence-corrected chi connectivity index (χ3v) is 2.14. The summed E-state index contributed by atoms with van der Waals surface area (Å²) in [6.45, 7) is 0. The van der Waals surface area contributed by atoms with Crippen molar-refractivity contribution in [1.82, 2.24) is 5.84 Å². The molecule has 0 bridgehead atoms. The molecule has 0 aromatic heterocycles. The molecule has 0 saturated carbocycles. The van der Waals surface area contributed by atoms with Crippen molar-refractivity contribution in [1.29, 1.82) is 0 Å². The van der Waals surface area contributed by atoms with E-state index < -0.39 is 0 Å². The van der Waals surface area contributed by atoms with Crippen LogP contribution in [-0.2, 0) is 0 Å². The Bertz CT molecular complexity index is 492. The molecule has 0 heterocycles. The van der Waals surface area contributed by atoms with Gasteiger partial charge in [-0.1, -0.05) is 30.3 Å². The number of phenols is 1. The molecule has 3 heteroatoms. The van der Waals surface area contributed by atoms with E-state index in [-0.39, 0.29) is 5.75 Å². The first-order valence-electron chi connectivity index (χ1n) is 4.23. The number of benzene rings is 2. The van der Waals surface area contributed by atoms with Gasteiger partial charge in [-0.15, -0.1) is 0 Å². The first-order chi connectivity index (χ1) is 6.83. The number of nitrogens with one attached hydrogen (secondary N) is 1. The third kappa shape index (κ3) is 1.29. The summed E-state index contributed by atoms with van der Waals surface area (Å²) in [5, 5.41) is 14.7. The molecule has 0 spiro atoms. The van der Waals surface area contributed by atoms with E-state index in [1.54, 1.807) is 6.07 Å². The number of nitrogens with zero attached hydrogens (tertiary/aromatic N) is 1. The second-order valence-electron chi connectivity index (χ2n) is 2.98. The van der Waals surface area contributed by atoms with Crippen LogP contribution in [0.1, 0.15) is 5.56 Å². The van der Waals surface area contributed by atoms with Crippen LogP contribution in [0.4, 0.5) is 0 Å². The summed E-state index contributed by atoms with van der Waals surface area (Å²) in [4.78, 5) is 0. The first kappa shape index (κ1) is 8.56. The Morgan fingerprint density at radius 3 is 2.71 bits per heavy atom. The minimum absolute atomic E-state index is 0.153. The van der Waals surface area contributed by atoms with Crippen LogP contribution in [0.3, 0.4) is 0 Å². The Kier molecular flexibility index (Phi) is 2.07. The Morgan fingerprint density at radius 2 is 1.93 bits per heavy atom. The first-order valence-corrected chi connectivity index (χ1v) is 4.23. The molecule has 2 N–H and O–H groups in total. The van der Waals surface area contributed by atoms with Crippen LogP contribution >= 0.6 is 0 Å². The molecular formula is C11H9N2O. The van der Waals surface area contributed by atoms with Crippen LogP contribution < -0.4 is 5.84 Å². The maximum absolute atomic E-state index is 9.57. The van der Waals surface area contributed by atoms with Crippen LogP contribution in [-0.4, -0.2) is 11.3 Å². The fourth-order valence-corrected chi connectivity index (χ4v) is 1.48. The molecule has 3 nitrogen and oxygen atoms in total. The number of phenolic OH excluding ortho intramolecular Hbond substituents is 1. The van der Waals surface area contributed by atoms with Gasteiger partial charge in [-0.3, -0.25) is 0 Å². The fraction of sp³-hybridized carbons (Fsp3) is 0. The molecule has 0 fully saturated rings. The van der Waals surface area contributed by atoms with Crippen molar-refractivity contribution < 1.29 is 5.11 Å². The number of aromatic hydroxyl groups is 1. The minimum Gasteiger partial charge on any atom is -0.507 e. The lowest BCUT2D eigenvalue weighted by Gasteiger charge is -2.03. The molecule has 1 radical (unpaired) electrons. The summed E-state index contributed by atoms with van der Waals surface area (Å²) in [5.41, 5.74) is 0.595. The maximum atomic E-state index is 9.57. The van der Waals surface area contributed by atoms with Crippen molar-refractivity contribution in [3.63, 3.8) is 0 Å². The molecule has 0 amide bonds. The molecular weight excluding hydrogens is 176 g/mol. The highest BCUT2D eigenvalue weighted by molar-refractivity contribution is 6.02. The van der Waals surface area contributed by atoms with Crippen molar-refractivity contribution in [2.24, 2.45) is 5.10 Å². The van der Waals surface area contributed by atoms with Gasteiger partial charge in [-0.05, 0) is 16.8 Å². The average molecular weight is 185 g/mol. The molecule has 0 aliphatic carbocycles. The van der Waals surface area contributed by atoms with Crippen LogP contribution in [0.25, 0.3) is 10.8 Å². The fourth-order valence-electron chi connectivity index (χ4n) is 1.48. The largest absolute Gasteiger partial charge is 0.507 e. The Morgan fingerprint density at radius 1 is 1.14 bits per heavy atom. The lowest BCUT2D eigenvalue weighted by atomic mass is 10.0. The predicted molar refractivity (Wildman–Crippen MR) is 56.3 cm³/mol. The topological polar surface area (TPSA) is 56.4 Å². The van der Waals surface area contributed by atoms with Gasteiger partial charge in [0.25, 0.3) is 0 Å². The summed E-state index contributed by atoms with van der Waals surface area (Å²) >= 11 is 0. The van der Waals surface area contributed by atoms with Gasteiger partial charge in [-0.25, -0.2) is 5.84 Å². The summed E-state index contributed by atoms with van der Waals surface area (Å²) in [5.74, 6) is 6.92. The maximum Gasteiger partial charge on any atom is 0.125 e. The van der Waals surface area contributed by atoms with Crippen molar-refractivity contribution in [3.05, 3.63) is 42.0 Å². The SMILES string of the molecule is [NH]N=Cc1c(O)ccc2ccccc12. The van der Waals surface area contributed by atoms with E-state index in [0.29, 0.717) is 5.56 Å². The predicted octanol–water partition coefficient (Wildman–Crippen LogP) is 2.16. The quantitative estimate of drug-likeness (QED) is 0.537. The van der Waals surface area contributed by atoms with Crippen molar-refractivity contribution in [3.8, 4) is 5.75 Å². The second-order valence-corrected chi connectivity index (χ2v) is 2.98. The van der Waals surface area contributed by atoms with Crippen molar-refractivity contribution in [2.75, 3.05) is 0 Å².